The summed E-state index contributed by atoms with van der Waals surface area (Å²) in [5.41, 5.74) is 0.880. The molecule has 0 aromatic rings. The second-order valence-electron chi connectivity index (χ2n) is 8.31. The van der Waals surface area contributed by atoms with Crippen molar-refractivity contribution < 1.29 is 63.8 Å². The topological polar surface area (TPSA) is 230 Å². The van der Waals surface area contributed by atoms with Gasteiger partial charge >= 0.3 is 41.8 Å². The molecule has 2 unspecified atom stereocenters. The van der Waals surface area contributed by atoms with Crippen molar-refractivity contribution >= 4 is 41.8 Å². The molecular formula is C28H38O13. The molecule has 1 aliphatic carbocycles. The number of carbonyl (C=O) groups is 7. The minimum atomic E-state index is -0.935. The average molecular weight is 583 g/mol. The van der Waals surface area contributed by atoms with Crippen molar-refractivity contribution in [2.45, 2.75) is 47.5 Å². The molecule has 0 spiro atoms. The molecule has 0 aromatic carbocycles. The van der Waals surface area contributed by atoms with Crippen molar-refractivity contribution in [2.24, 2.45) is 11.8 Å². The summed E-state index contributed by atoms with van der Waals surface area (Å²) in [5, 5.41) is 39.5. The molecule has 0 saturated carbocycles. The number of rotatable bonds is 5. The number of allylic oxidation sites excluding steroid dienone is 1. The highest BCUT2D eigenvalue weighted by molar-refractivity contribution is 5.97. The molecule has 2 rings (SSSR count). The standard InChI is InChI=1S/C8H8O3.5C4H6O2/c9-7-5-3-1-2-4-6(5)8(10)11-7;5*1-3(2)4(5)6/h1,3,5-6H,2,4H2;5*1H2,2H3,(H,5,6). The number of carboxylic acid groups (broad SMARTS) is 5. The molecule has 13 heteroatoms. The lowest BCUT2D eigenvalue weighted by atomic mass is 9.86. The van der Waals surface area contributed by atoms with Gasteiger partial charge in [-0.2, -0.15) is 0 Å². The molecule has 1 fully saturated rings. The number of esters is 2. The Hall–Kier alpha value is -5.07. The molecule has 0 bridgehead atoms. The van der Waals surface area contributed by atoms with Crippen molar-refractivity contribution in [2.75, 3.05) is 0 Å². The van der Waals surface area contributed by atoms with Crippen LogP contribution in [0.5, 0.6) is 0 Å². The maximum Gasteiger partial charge on any atom is 0.330 e. The summed E-state index contributed by atoms with van der Waals surface area (Å²) in [4.78, 5) is 69.9. The van der Waals surface area contributed by atoms with Gasteiger partial charge in [0.15, 0.2) is 0 Å². The van der Waals surface area contributed by atoms with Gasteiger partial charge in [-0.25, -0.2) is 24.0 Å². The van der Waals surface area contributed by atoms with Gasteiger partial charge in [-0.15, -0.1) is 0 Å². The van der Waals surface area contributed by atoms with E-state index in [9.17, 15) is 33.6 Å². The van der Waals surface area contributed by atoms with Crippen molar-refractivity contribution in [1.82, 2.24) is 0 Å². The zero-order valence-electron chi connectivity index (χ0n) is 23.8. The normalized spacial score (nSPS) is 15.0. The molecule has 2 aliphatic rings. The quantitative estimate of drug-likeness (QED) is 0.134. The predicted octanol–water partition coefficient (Wildman–Crippen LogP) is 3.89. The molecule has 0 radical (unpaired) electrons. The van der Waals surface area contributed by atoms with Crippen LogP contribution in [0.4, 0.5) is 0 Å². The van der Waals surface area contributed by atoms with Crippen molar-refractivity contribution in [3.05, 3.63) is 72.9 Å². The van der Waals surface area contributed by atoms with Crippen LogP contribution in [0.2, 0.25) is 0 Å². The van der Waals surface area contributed by atoms with Crippen LogP contribution in [0.25, 0.3) is 0 Å². The first-order chi connectivity index (χ1) is 18.5. The van der Waals surface area contributed by atoms with E-state index < -0.39 is 29.8 Å². The fraction of sp³-hybridized carbons (Fsp3) is 0.321. The third-order valence-corrected chi connectivity index (χ3v) is 4.02. The Morgan fingerprint density at radius 3 is 1.05 bits per heavy atom. The van der Waals surface area contributed by atoms with E-state index in [1.165, 1.54) is 34.6 Å². The smallest absolute Gasteiger partial charge is 0.330 e. The van der Waals surface area contributed by atoms with Crippen LogP contribution >= 0.6 is 0 Å². The fourth-order valence-electron chi connectivity index (χ4n) is 1.58. The van der Waals surface area contributed by atoms with Gasteiger partial charge in [-0.3, -0.25) is 9.59 Å². The van der Waals surface area contributed by atoms with Crippen molar-refractivity contribution in [3.63, 3.8) is 0 Å². The molecule has 1 heterocycles. The van der Waals surface area contributed by atoms with Crippen LogP contribution in [0, 0.1) is 11.8 Å². The van der Waals surface area contributed by atoms with E-state index in [-0.39, 0.29) is 51.6 Å². The van der Waals surface area contributed by atoms with E-state index in [4.69, 9.17) is 25.5 Å². The first kappa shape index (κ1) is 43.0. The van der Waals surface area contributed by atoms with Gasteiger partial charge in [0.25, 0.3) is 0 Å². The summed E-state index contributed by atoms with van der Waals surface area (Å²) in [7, 11) is 0. The molecule has 0 amide bonds. The highest BCUT2D eigenvalue weighted by Crippen LogP contribution is 2.32. The molecule has 0 aromatic heterocycles. The maximum absolute atomic E-state index is 10.9. The Kier molecular flexibility index (Phi) is 24.0. The number of cyclic esters (lactones) is 2. The minimum Gasteiger partial charge on any atom is -0.478 e. The lowest BCUT2D eigenvalue weighted by Gasteiger charge is -2.12. The third-order valence-electron chi connectivity index (χ3n) is 4.02. The Balaban J connectivity index is -0.000000206. The summed E-state index contributed by atoms with van der Waals surface area (Å²) >= 11 is 0. The summed E-state index contributed by atoms with van der Waals surface area (Å²) < 4.78 is 4.48. The second kappa shape index (κ2) is 22.9. The highest BCUT2D eigenvalue weighted by Gasteiger charge is 2.43. The number of hydrogen-bond donors (Lipinski definition) is 5. The monoisotopic (exact) mass is 582 g/mol. The van der Waals surface area contributed by atoms with Crippen LogP contribution < -0.4 is 0 Å². The molecule has 1 aliphatic heterocycles. The average Bonchev–Trinajstić information content (AvgIpc) is 3.14. The highest BCUT2D eigenvalue weighted by atomic mass is 16.6. The number of aliphatic carboxylic acids is 5. The first-order valence-electron chi connectivity index (χ1n) is 11.4. The maximum atomic E-state index is 10.9. The summed E-state index contributed by atoms with van der Waals surface area (Å²) in [6, 6.07) is 0. The predicted molar refractivity (Wildman–Crippen MR) is 149 cm³/mol. The van der Waals surface area contributed by atoms with E-state index in [0.29, 0.717) is 0 Å². The van der Waals surface area contributed by atoms with Crippen LogP contribution in [-0.2, 0) is 38.3 Å². The first-order valence-corrected chi connectivity index (χ1v) is 11.4. The lowest BCUT2D eigenvalue weighted by Crippen LogP contribution is -2.17. The van der Waals surface area contributed by atoms with E-state index in [1.54, 1.807) is 6.08 Å². The van der Waals surface area contributed by atoms with Gasteiger partial charge in [0, 0.05) is 27.9 Å². The van der Waals surface area contributed by atoms with E-state index in [1.807, 2.05) is 6.08 Å². The Morgan fingerprint density at radius 1 is 0.610 bits per heavy atom. The zero-order chi connectivity index (χ0) is 33.6. The van der Waals surface area contributed by atoms with E-state index >= 15 is 0 Å². The van der Waals surface area contributed by atoms with Gasteiger partial charge in [-0.05, 0) is 47.5 Å². The largest absolute Gasteiger partial charge is 0.478 e. The van der Waals surface area contributed by atoms with Gasteiger partial charge in [0.2, 0.25) is 0 Å². The number of carboxylic acids is 5. The Bertz CT molecular complexity index is 891. The van der Waals surface area contributed by atoms with E-state index in [0.717, 1.165) is 12.8 Å². The summed E-state index contributed by atoms with van der Waals surface area (Å²) in [5.74, 6) is -5.87. The Morgan fingerprint density at radius 2 is 0.854 bits per heavy atom. The zero-order valence-corrected chi connectivity index (χ0v) is 23.8. The minimum absolute atomic E-state index is 0.176. The van der Waals surface area contributed by atoms with Gasteiger partial charge in [0.05, 0.1) is 11.8 Å². The lowest BCUT2D eigenvalue weighted by molar-refractivity contribution is -0.153. The van der Waals surface area contributed by atoms with Crippen molar-refractivity contribution in [1.29, 1.82) is 0 Å². The molecule has 13 nitrogen and oxygen atoms in total. The van der Waals surface area contributed by atoms with Crippen LogP contribution in [0.15, 0.2) is 72.9 Å². The molecular weight excluding hydrogens is 544 g/mol. The van der Waals surface area contributed by atoms with Gasteiger partial charge in [0.1, 0.15) is 0 Å². The number of ether oxygens (including phenoxy) is 1. The van der Waals surface area contributed by atoms with Crippen LogP contribution in [0.1, 0.15) is 47.5 Å². The van der Waals surface area contributed by atoms with Crippen LogP contribution in [-0.4, -0.2) is 67.3 Å². The SMILES string of the molecule is C=C(C)C(=O)O.C=C(C)C(=O)O.C=C(C)C(=O)O.C=C(C)C(=O)O.C=C(C)C(=O)O.O=C1OC(=O)C2CCC=CC12. The third kappa shape index (κ3) is 26.3. The summed E-state index contributed by atoms with van der Waals surface area (Å²) in [6.07, 6.45) is 5.34. The van der Waals surface area contributed by atoms with E-state index in [2.05, 4.69) is 37.6 Å². The molecule has 5 N–H and O–H groups in total. The Labute approximate surface area is 238 Å². The van der Waals surface area contributed by atoms with Crippen LogP contribution in [0.3, 0.4) is 0 Å². The molecule has 2 atom stereocenters. The second-order valence-corrected chi connectivity index (χ2v) is 8.31. The molecule has 228 valence electrons. The number of hydrogen-bond acceptors (Lipinski definition) is 8. The summed E-state index contributed by atoms with van der Waals surface area (Å²) in [6.45, 7) is 23.0. The van der Waals surface area contributed by atoms with Gasteiger partial charge < -0.3 is 30.3 Å². The van der Waals surface area contributed by atoms with Crippen molar-refractivity contribution in [3.8, 4) is 0 Å². The van der Waals surface area contributed by atoms with Gasteiger partial charge in [-0.1, -0.05) is 45.0 Å². The number of fused-ring (bicyclic) bond motifs is 1. The number of carbonyl (C=O) groups excluding carboxylic acids is 2. The fourth-order valence-corrected chi connectivity index (χ4v) is 1.58. The molecule has 41 heavy (non-hydrogen) atoms. The molecule has 1 saturated heterocycles.